The van der Waals surface area contributed by atoms with E-state index in [0.29, 0.717) is 28.7 Å². The van der Waals surface area contributed by atoms with Crippen LogP contribution in [0.25, 0.3) is 17.1 Å². The minimum Gasteiger partial charge on any atom is -0.269 e. The topological polar surface area (TPSA) is 91.9 Å². The fourth-order valence-electron chi connectivity index (χ4n) is 3.10. The van der Waals surface area contributed by atoms with E-state index in [1.165, 1.54) is 30.2 Å². The van der Waals surface area contributed by atoms with E-state index < -0.39 is 10.0 Å². The van der Waals surface area contributed by atoms with Crippen molar-refractivity contribution in [3.63, 3.8) is 0 Å². The highest BCUT2D eigenvalue weighted by molar-refractivity contribution is 7.99. The molecule has 0 saturated carbocycles. The summed E-state index contributed by atoms with van der Waals surface area (Å²) in [5, 5.41) is 18.3. The molecule has 0 N–H and O–H groups in total. The predicted molar refractivity (Wildman–Crippen MR) is 118 cm³/mol. The first-order valence-corrected chi connectivity index (χ1v) is 11.7. The van der Waals surface area contributed by atoms with Gasteiger partial charge in [0, 0.05) is 31.8 Å². The van der Waals surface area contributed by atoms with Crippen LogP contribution >= 0.6 is 11.8 Å². The van der Waals surface area contributed by atoms with Crippen molar-refractivity contribution in [3.8, 4) is 23.1 Å². The van der Waals surface area contributed by atoms with Crippen molar-refractivity contribution in [2.75, 3.05) is 19.8 Å². The number of hydrogen-bond donors (Lipinski definition) is 0. The summed E-state index contributed by atoms with van der Waals surface area (Å²) in [6.45, 7) is 4.03. The van der Waals surface area contributed by atoms with Crippen molar-refractivity contribution < 1.29 is 8.42 Å². The Balaban J connectivity index is 2.21. The molecular weight excluding hydrogens is 418 g/mol. The third-order valence-electron chi connectivity index (χ3n) is 4.61. The Kier molecular flexibility index (Phi) is 6.61. The van der Waals surface area contributed by atoms with E-state index in [-0.39, 0.29) is 4.90 Å². The van der Waals surface area contributed by atoms with E-state index in [0.717, 1.165) is 16.8 Å². The molecule has 0 fully saturated rings. The zero-order chi connectivity index (χ0) is 21.9. The Hall–Kier alpha value is -2.67. The molecule has 9 heteroatoms. The lowest BCUT2D eigenvalue weighted by Crippen LogP contribution is -2.22. The average Bonchev–Trinajstić information content (AvgIpc) is 3.11. The SMILES string of the molecule is Cc1cccc(C)c1-n1c(SCCC#N)nnc1-c1cccc(S(=O)(=O)N(C)C)c1. The van der Waals surface area contributed by atoms with Crippen LogP contribution in [0.5, 0.6) is 0 Å². The largest absolute Gasteiger partial charge is 0.269 e. The van der Waals surface area contributed by atoms with Crippen LogP contribution in [0, 0.1) is 25.2 Å². The first-order valence-electron chi connectivity index (χ1n) is 9.32. The van der Waals surface area contributed by atoms with Crippen molar-refractivity contribution >= 4 is 21.8 Å². The average molecular weight is 442 g/mol. The first kappa shape index (κ1) is 22.0. The van der Waals surface area contributed by atoms with Gasteiger partial charge in [-0.1, -0.05) is 42.1 Å². The number of sulfonamides is 1. The zero-order valence-corrected chi connectivity index (χ0v) is 19.0. The van der Waals surface area contributed by atoms with Crippen molar-refractivity contribution in [2.45, 2.75) is 30.3 Å². The molecule has 1 heterocycles. The Morgan fingerprint density at radius 2 is 1.77 bits per heavy atom. The van der Waals surface area contributed by atoms with Crippen LogP contribution in [-0.4, -0.2) is 47.3 Å². The molecule has 0 saturated heterocycles. The van der Waals surface area contributed by atoms with Gasteiger partial charge in [-0.25, -0.2) is 12.7 Å². The van der Waals surface area contributed by atoms with Gasteiger partial charge in [0.05, 0.1) is 16.7 Å². The summed E-state index contributed by atoms with van der Waals surface area (Å²) in [5.74, 6) is 1.15. The van der Waals surface area contributed by atoms with Gasteiger partial charge >= 0.3 is 0 Å². The smallest absolute Gasteiger partial charge is 0.242 e. The fourth-order valence-corrected chi connectivity index (χ4v) is 4.83. The van der Waals surface area contributed by atoms with Gasteiger partial charge in [-0.05, 0) is 37.1 Å². The third kappa shape index (κ3) is 4.26. The van der Waals surface area contributed by atoms with Crippen LogP contribution in [0.1, 0.15) is 17.5 Å². The molecule has 0 aliphatic carbocycles. The molecule has 0 radical (unpaired) electrons. The molecule has 0 spiro atoms. The molecule has 0 atom stereocenters. The van der Waals surface area contributed by atoms with E-state index in [1.807, 2.05) is 42.7 Å². The lowest BCUT2D eigenvalue weighted by Gasteiger charge is -2.16. The summed E-state index contributed by atoms with van der Waals surface area (Å²) >= 11 is 1.45. The predicted octanol–water partition coefficient (Wildman–Crippen LogP) is 3.81. The number of rotatable bonds is 7. The molecule has 156 valence electrons. The number of nitrogens with zero attached hydrogens (tertiary/aromatic N) is 5. The molecule has 30 heavy (non-hydrogen) atoms. The van der Waals surface area contributed by atoms with Gasteiger partial charge in [0.15, 0.2) is 11.0 Å². The molecule has 0 amide bonds. The quantitative estimate of drug-likeness (QED) is 0.409. The second kappa shape index (κ2) is 9.00. The van der Waals surface area contributed by atoms with E-state index in [1.54, 1.807) is 18.2 Å². The number of nitriles is 1. The Labute approximate surface area is 181 Å². The van der Waals surface area contributed by atoms with Crippen molar-refractivity contribution in [2.24, 2.45) is 0 Å². The lowest BCUT2D eigenvalue weighted by molar-refractivity contribution is 0.521. The summed E-state index contributed by atoms with van der Waals surface area (Å²) in [6, 6.07) is 14.9. The highest BCUT2D eigenvalue weighted by Crippen LogP contribution is 2.32. The first-order chi connectivity index (χ1) is 14.3. The summed E-state index contributed by atoms with van der Waals surface area (Å²) in [6.07, 6.45) is 0.399. The summed E-state index contributed by atoms with van der Waals surface area (Å²) in [7, 11) is -0.567. The van der Waals surface area contributed by atoms with E-state index >= 15 is 0 Å². The summed E-state index contributed by atoms with van der Waals surface area (Å²) < 4.78 is 28.4. The molecule has 0 aliphatic rings. The number of para-hydroxylation sites is 1. The van der Waals surface area contributed by atoms with E-state index in [2.05, 4.69) is 16.3 Å². The summed E-state index contributed by atoms with van der Waals surface area (Å²) in [5.41, 5.74) is 3.71. The van der Waals surface area contributed by atoms with Crippen LogP contribution in [0.3, 0.4) is 0 Å². The monoisotopic (exact) mass is 441 g/mol. The molecule has 3 rings (SSSR count). The van der Waals surface area contributed by atoms with E-state index in [9.17, 15) is 8.42 Å². The van der Waals surface area contributed by atoms with Gasteiger partial charge in [-0.3, -0.25) is 4.57 Å². The van der Waals surface area contributed by atoms with Gasteiger partial charge in [0.2, 0.25) is 10.0 Å². The number of hydrogen-bond acceptors (Lipinski definition) is 6. The van der Waals surface area contributed by atoms with Crippen LogP contribution in [0.15, 0.2) is 52.5 Å². The Morgan fingerprint density at radius 1 is 1.10 bits per heavy atom. The molecule has 0 bridgehead atoms. The number of aromatic nitrogens is 3. The molecule has 2 aromatic carbocycles. The molecule has 1 aromatic heterocycles. The van der Waals surface area contributed by atoms with Crippen LogP contribution in [0.4, 0.5) is 0 Å². The maximum absolute atomic E-state index is 12.6. The minimum atomic E-state index is -3.58. The Morgan fingerprint density at radius 3 is 2.40 bits per heavy atom. The molecule has 0 unspecified atom stereocenters. The highest BCUT2D eigenvalue weighted by atomic mass is 32.2. The van der Waals surface area contributed by atoms with Crippen LogP contribution in [0.2, 0.25) is 0 Å². The molecule has 3 aromatic rings. The second-order valence-electron chi connectivity index (χ2n) is 6.95. The van der Waals surface area contributed by atoms with Gasteiger partial charge in [0.25, 0.3) is 0 Å². The maximum Gasteiger partial charge on any atom is 0.242 e. The van der Waals surface area contributed by atoms with Gasteiger partial charge in [-0.15, -0.1) is 10.2 Å². The van der Waals surface area contributed by atoms with Crippen molar-refractivity contribution in [3.05, 3.63) is 53.6 Å². The number of thioether (sulfide) groups is 1. The Bertz CT molecular complexity index is 1190. The van der Waals surface area contributed by atoms with Crippen molar-refractivity contribution in [1.82, 2.24) is 19.1 Å². The molecular formula is C21H23N5O2S2. The van der Waals surface area contributed by atoms with Crippen LogP contribution < -0.4 is 0 Å². The minimum absolute atomic E-state index is 0.194. The number of benzene rings is 2. The standard InChI is InChI=1S/C21H23N5O2S2/c1-15-8-5-9-16(2)19(15)26-20(23-24-21(26)29-13-7-12-22)17-10-6-11-18(14-17)30(27,28)25(3)4/h5-6,8-11,14H,7,13H2,1-4H3. The molecule has 0 aliphatic heterocycles. The normalized spacial score (nSPS) is 11.6. The van der Waals surface area contributed by atoms with E-state index in [4.69, 9.17) is 5.26 Å². The fraction of sp³-hybridized carbons (Fsp3) is 0.286. The van der Waals surface area contributed by atoms with Gasteiger partial charge < -0.3 is 0 Å². The summed E-state index contributed by atoms with van der Waals surface area (Å²) in [4.78, 5) is 0.194. The van der Waals surface area contributed by atoms with Crippen molar-refractivity contribution in [1.29, 1.82) is 5.26 Å². The van der Waals surface area contributed by atoms with Gasteiger partial charge in [-0.2, -0.15) is 5.26 Å². The second-order valence-corrected chi connectivity index (χ2v) is 10.2. The maximum atomic E-state index is 12.6. The van der Waals surface area contributed by atoms with Gasteiger partial charge in [0.1, 0.15) is 0 Å². The lowest BCUT2D eigenvalue weighted by atomic mass is 10.1. The third-order valence-corrected chi connectivity index (χ3v) is 7.35. The number of aryl methyl sites for hydroxylation is 2. The highest BCUT2D eigenvalue weighted by Gasteiger charge is 2.22. The zero-order valence-electron chi connectivity index (χ0n) is 17.3. The molecule has 7 nitrogen and oxygen atoms in total. The van der Waals surface area contributed by atoms with Crippen LogP contribution in [-0.2, 0) is 10.0 Å².